The summed E-state index contributed by atoms with van der Waals surface area (Å²) in [5.41, 5.74) is 2.13. The summed E-state index contributed by atoms with van der Waals surface area (Å²) in [6, 6.07) is 11.7. The molecule has 0 atom stereocenters. The van der Waals surface area contributed by atoms with E-state index < -0.39 is 23.4 Å². The molecule has 1 N–H and O–H groups in total. The van der Waals surface area contributed by atoms with Gasteiger partial charge in [0.05, 0.1) is 10.5 Å². The van der Waals surface area contributed by atoms with Gasteiger partial charge in [0, 0.05) is 24.8 Å². The van der Waals surface area contributed by atoms with E-state index in [1.54, 1.807) is 18.2 Å². The number of nitrogens with one attached hydrogen (secondary N) is 1. The van der Waals surface area contributed by atoms with Gasteiger partial charge in [0.2, 0.25) is 0 Å². The number of nitro groups is 1. The average Bonchev–Trinajstić information content (AvgIpc) is 3.26. The Morgan fingerprint density at radius 2 is 1.74 bits per heavy atom. The van der Waals surface area contributed by atoms with E-state index in [-0.39, 0.29) is 16.7 Å². The lowest BCUT2D eigenvalue weighted by atomic mass is 9.87. The van der Waals surface area contributed by atoms with Crippen molar-refractivity contribution in [1.29, 1.82) is 0 Å². The van der Waals surface area contributed by atoms with E-state index in [4.69, 9.17) is 4.74 Å². The number of hydrogen-bond acceptors (Lipinski definition) is 6. The molecule has 0 bridgehead atoms. The molecule has 0 aliphatic carbocycles. The van der Waals surface area contributed by atoms with Gasteiger partial charge in [0.1, 0.15) is 5.69 Å². The number of nitro benzene ring substituents is 1. The van der Waals surface area contributed by atoms with Gasteiger partial charge in [-0.1, -0.05) is 32.9 Å². The number of carbonyl (C=O) groups is 2. The third kappa shape index (κ3) is 5.59. The van der Waals surface area contributed by atoms with Gasteiger partial charge in [0.25, 0.3) is 11.6 Å². The number of nitrogens with zero attached hydrogens (tertiary/aromatic N) is 2. The number of anilines is 2. The van der Waals surface area contributed by atoms with Crippen LogP contribution in [0.4, 0.5) is 17.1 Å². The van der Waals surface area contributed by atoms with Crippen LogP contribution in [0, 0.1) is 10.1 Å². The highest BCUT2D eigenvalue weighted by molar-refractivity contribution is 5.96. The van der Waals surface area contributed by atoms with E-state index in [2.05, 4.69) is 26.1 Å². The topological polar surface area (TPSA) is 102 Å². The summed E-state index contributed by atoms with van der Waals surface area (Å²) in [6.45, 7) is 7.32. The fourth-order valence-corrected chi connectivity index (χ4v) is 3.49. The van der Waals surface area contributed by atoms with E-state index in [9.17, 15) is 19.7 Å². The van der Waals surface area contributed by atoms with E-state index in [0.29, 0.717) is 11.4 Å². The van der Waals surface area contributed by atoms with Crippen molar-refractivity contribution in [1.82, 2.24) is 0 Å². The van der Waals surface area contributed by atoms with Gasteiger partial charge < -0.3 is 15.0 Å². The molecule has 8 nitrogen and oxygen atoms in total. The van der Waals surface area contributed by atoms with E-state index in [1.807, 2.05) is 17.0 Å². The number of rotatable bonds is 6. The molecule has 2 aromatic carbocycles. The van der Waals surface area contributed by atoms with Crippen LogP contribution in [0.25, 0.3) is 0 Å². The van der Waals surface area contributed by atoms with Crippen molar-refractivity contribution in [3.05, 3.63) is 63.7 Å². The van der Waals surface area contributed by atoms with Crippen molar-refractivity contribution in [2.75, 3.05) is 29.9 Å². The Bertz CT molecular complexity index is 974. The molecule has 31 heavy (non-hydrogen) atoms. The zero-order chi connectivity index (χ0) is 22.6. The molecule has 1 aliphatic rings. The summed E-state index contributed by atoms with van der Waals surface area (Å²) in [7, 11) is 0. The van der Waals surface area contributed by atoms with Crippen molar-refractivity contribution in [3.8, 4) is 0 Å². The molecule has 1 saturated heterocycles. The Balaban J connectivity index is 1.60. The summed E-state index contributed by atoms with van der Waals surface area (Å²) in [6.07, 6.45) is 1.96. The molecule has 1 aliphatic heterocycles. The normalized spacial score (nSPS) is 13.7. The summed E-state index contributed by atoms with van der Waals surface area (Å²) in [5.74, 6) is -1.27. The van der Waals surface area contributed by atoms with E-state index in [0.717, 1.165) is 31.5 Å². The number of benzene rings is 2. The van der Waals surface area contributed by atoms with Gasteiger partial charge in [-0.05, 0) is 48.1 Å². The average molecular weight is 425 g/mol. The molecule has 0 saturated carbocycles. The first-order chi connectivity index (χ1) is 14.6. The van der Waals surface area contributed by atoms with Crippen LogP contribution in [-0.2, 0) is 14.9 Å². The standard InChI is InChI=1S/C23H27N3O5/c1-23(2,3)17-7-9-18(10-8-17)24-21(27)15-31-22(28)16-6-11-19(20(14-16)26(29)30)25-12-4-5-13-25/h6-11,14H,4-5,12-13,15H2,1-3H3,(H,24,27). The van der Waals surface area contributed by atoms with Crippen molar-refractivity contribution in [2.24, 2.45) is 0 Å². The molecule has 2 aromatic rings. The lowest BCUT2D eigenvalue weighted by Gasteiger charge is -2.19. The fourth-order valence-electron chi connectivity index (χ4n) is 3.49. The van der Waals surface area contributed by atoms with Gasteiger partial charge >= 0.3 is 5.97 Å². The second-order valence-corrected chi connectivity index (χ2v) is 8.61. The van der Waals surface area contributed by atoms with Crippen LogP contribution in [0.2, 0.25) is 0 Å². The summed E-state index contributed by atoms with van der Waals surface area (Å²) in [4.78, 5) is 37.4. The number of amides is 1. The Labute approximate surface area is 181 Å². The summed E-state index contributed by atoms with van der Waals surface area (Å²) in [5, 5.41) is 14.1. The maximum atomic E-state index is 12.3. The number of ether oxygens (including phenoxy) is 1. The highest BCUT2D eigenvalue weighted by Crippen LogP contribution is 2.32. The SMILES string of the molecule is CC(C)(C)c1ccc(NC(=O)COC(=O)c2ccc(N3CCCC3)c([N+](=O)[O-])c2)cc1. The predicted octanol–water partition coefficient (Wildman–Crippen LogP) is 4.29. The molecule has 164 valence electrons. The molecule has 1 heterocycles. The zero-order valence-electron chi connectivity index (χ0n) is 18.0. The molecule has 1 amide bonds. The summed E-state index contributed by atoms with van der Waals surface area (Å²) >= 11 is 0. The Morgan fingerprint density at radius 1 is 1.10 bits per heavy atom. The first-order valence-corrected chi connectivity index (χ1v) is 10.3. The van der Waals surface area contributed by atoms with Crippen LogP contribution in [0.1, 0.15) is 49.5 Å². The molecular formula is C23H27N3O5. The third-order valence-electron chi connectivity index (χ3n) is 5.22. The van der Waals surface area contributed by atoms with Crippen LogP contribution in [-0.4, -0.2) is 36.5 Å². The van der Waals surface area contributed by atoms with Gasteiger partial charge in [0.15, 0.2) is 6.61 Å². The Kier molecular flexibility index (Phi) is 6.58. The maximum Gasteiger partial charge on any atom is 0.338 e. The smallest absolute Gasteiger partial charge is 0.338 e. The first kappa shape index (κ1) is 22.3. The van der Waals surface area contributed by atoms with Crippen molar-refractivity contribution in [2.45, 2.75) is 39.0 Å². The minimum atomic E-state index is -0.783. The zero-order valence-corrected chi connectivity index (χ0v) is 18.0. The van der Waals surface area contributed by atoms with Crippen molar-refractivity contribution in [3.63, 3.8) is 0 Å². The quantitative estimate of drug-likeness (QED) is 0.421. The van der Waals surface area contributed by atoms with Crippen molar-refractivity contribution >= 4 is 28.9 Å². The van der Waals surface area contributed by atoms with Gasteiger partial charge in [-0.2, -0.15) is 0 Å². The van der Waals surface area contributed by atoms with E-state index >= 15 is 0 Å². The third-order valence-corrected chi connectivity index (χ3v) is 5.22. The number of hydrogen-bond donors (Lipinski definition) is 1. The lowest BCUT2D eigenvalue weighted by Crippen LogP contribution is -2.22. The molecule has 3 rings (SSSR count). The lowest BCUT2D eigenvalue weighted by molar-refractivity contribution is -0.384. The first-order valence-electron chi connectivity index (χ1n) is 10.3. The highest BCUT2D eigenvalue weighted by Gasteiger charge is 2.24. The van der Waals surface area contributed by atoms with Crippen molar-refractivity contribution < 1.29 is 19.2 Å². The predicted molar refractivity (Wildman–Crippen MR) is 119 cm³/mol. The second-order valence-electron chi connectivity index (χ2n) is 8.61. The van der Waals surface area contributed by atoms with Crippen LogP contribution in [0.15, 0.2) is 42.5 Å². The largest absolute Gasteiger partial charge is 0.452 e. The van der Waals surface area contributed by atoms with Crippen LogP contribution >= 0.6 is 0 Å². The molecule has 0 radical (unpaired) electrons. The number of carbonyl (C=O) groups excluding carboxylic acids is 2. The fraction of sp³-hybridized carbons (Fsp3) is 0.391. The molecule has 0 spiro atoms. The van der Waals surface area contributed by atoms with Gasteiger partial charge in [-0.25, -0.2) is 4.79 Å². The Hall–Kier alpha value is -3.42. The highest BCUT2D eigenvalue weighted by atomic mass is 16.6. The van der Waals surface area contributed by atoms with E-state index in [1.165, 1.54) is 12.1 Å². The van der Waals surface area contributed by atoms with Gasteiger partial charge in [-0.3, -0.25) is 14.9 Å². The van der Waals surface area contributed by atoms with Crippen LogP contribution in [0.3, 0.4) is 0 Å². The minimum Gasteiger partial charge on any atom is -0.452 e. The summed E-state index contributed by atoms with van der Waals surface area (Å²) < 4.78 is 5.05. The molecule has 0 aromatic heterocycles. The molecule has 0 unspecified atom stereocenters. The molecule has 1 fully saturated rings. The minimum absolute atomic E-state index is 0.00497. The van der Waals surface area contributed by atoms with Crippen LogP contribution < -0.4 is 10.2 Å². The maximum absolute atomic E-state index is 12.3. The monoisotopic (exact) mass is 425 g/mol. The van der Waals surface area contributed by atoms with Gasteiger partial charge in [-0.15, -0.1) is 0 Å². The second kappa shape index (κ2) is 9.16. The molecule has 8 heteroatoms. The molecular weight excluding hydrogens is 398 g/mol. The van der Waals surface area contributed by atoms with Crippen LogP contribution in [0.5, 0.6) is 0 Å². The Morgan fingerprint density at radius 3 is 2.32 bits per heavy atom. The number of esters is 1.